The highest BCUT2D eigenvalue weighted by Gasteiger charge is 2.34. The molecule has 37 heavy (non-hydrogen) atoms. The molecule has 3 aromatic carbocycles. The van der Waals surface area contributed by atoms with Crippen LogP contribution in [0.2, 0.25) is 0 Å². The lowest BCUT2D eigenvalue weighted by Crippen LogP contribution is -2.35. The predicted molar refractivity (Wildman–Crippen MR) is 138 cm³/mol. The van der Waals surface area contributed by atoms with E-state index in [-0.39, 0.29) is 19.0 Å². The second-order valence-corrected chi connectivity index (χ2v) is 8.38. The molecule has 0 aromatic heterocycles. The second-order valence-electron chi connectivity index (χ2n) is 8.38. The highest BCUT2D eigenvalue weighted by atomic mass is 16.7. The number of hydrogen-bond acceptors (Lipinski definition) is 6. The summed E-state index contributed by atoms with van der Waals surface area (Å²) in [5.74, 6) is 1.58. The van der Waals surface area contributed by atoms with Gasteiger partial charge < -0.3 is 18.9 Å². The Balaban J connectivity index is 1.44. The number of carbonyl (C=O) groups is 2. The van der Waals surface area contributed by atoms with Crippen LogP contribution < -0.4 is 29.4 Å². The minimum absolute atomic E-state index is 0.0323. The number of amides is 2. The maximum Gasteiger partial charge on any atom is 0.282 e. The first-order valence-electron chi connectivity index (χ1n) is 11.9. The number of benzene rings is 3. The SMILES string of the molecule is C=CCc1cc(/C=C2/C(=O)NN(c3ccccc3)C2=O)cc(OCC)c1OCc1ccc2c(c1)OCO2. The van der Waals surface area contributed by atoms with Crippen molar-refractivity contribution in [2.24, 2.45) is 0 Å². The van der Waals surface area contributed by atoms with Gasteiger partial charge in [0.15, 0.2) is 23.0 Å². The van der Waals surface area contributed by atoms with Crippen molar-refractivity contribution in [1.82, 2.24) is 5.43 Å². The molecule has 8 heteroatoms. The van der Waals surface area contributed by atoms with Crippen molar-refractivity contribution in [3.63, 3.8) is 0 Å². The fourth-order valence-corrected chi connectivity index (χ4v) is 4.17. The van der Waals surface area contributed by atoms with E-state index >= 15 is 0 Å². The summed E-state index contributed by atoms with van der Waals surface area (Å²) in [6.07, 6.45) is 3.83. The van der Waals surface area contributed by atoms with Gasteiger partial charge in [0.2, 0.25) is 6.79 Å². The smallest absolute Gasteiger partial charge is 0.282 e. The minimum atomic E-state index is -0.472. The summed E-state index contributed by atoms with van der Waals surface area (Å²) in [5, 5.41) is 1.24. The van der Waals surface area contributed by atoms with Gasteiger partial charge in [-0.25, -0.2) is 5.01 Å². The molecular weight excluding hydrogens is 472 g/mol. The highest BCUT2D eigenvalue weighted by Crippen LogP contribution is 2.37. The van der Waals surface area contributed by atoms with Crippen molar-refractivity contribution in [2.45, 2.75) is 20.0 Å². The lowest BCUT2D eigenvalue weighted by atomic mass is 10.0. The summed E-state index contributed by atoms with van der Waals surface area (Å²) in [6, 6.07) is 18.2. The monoisotopic (exact) mass is 498 g/mol. The third-order valence-electron chi connectivity index (χ3n) is 5.86. The summed E-state index contributed by atoms with van der Waals surface area (Å²) in [5.41, 5.74) is 5.61. The number of rotatable bonds is 9. The quantitative estimate of drug-likeness (QED) is 0.264. The zero-order chi connectivity index (χ0) is 25.8. The topological polar surface area (TPSA) is 86.3 Å². The molecule has 8 nitrogen and oxygen atoms in total. The Kier molecular flexibility index (Phi) is 6.81. The summed E-state index contributed by atoms with van der Waals surface area (Å²) in [6.45, 7) is 6.65. The van der Waals surface area contributed by atoms with Crippen LogP contribution in [0.3, 0.4) is 0 Å². The Morgan fingerprint density at radius 3 is 2.62 bits per heavy atom. The summed E-state index contributed by atoms with van der Waals surface area (Å²) >= 11 is 0. The van der Waals surface area contributed by atoms with Gasteiger partial charge in [-0.2, -0.15) is 0 Å². The first-order valence-corrected chi connectivity index (χ1v) is 11.9. The van der Waals surface area contributed by atoms with Crippen LogP contribution in [0.5, 0.6) is 23.0 Å². The van der Waals surface area contributed by atoms with Gasteiger partial charge in [-0.3, -0.25) is 15.0 Å². The van der Waals surface area contributed by atoms with Crippen LogP contribution in [0.25, 0.3) is 6.08 Å². The number of carbonyl (C=O) groups excluding carboxylic acids is 2. The molecule has 1 N–H and O–H groups in total. The molecule has 1 fully saturated rings. The molecule has 2 amide bonds. The second kappa shape index (κ2) is 10.5. The molecule has 5 rings (SSSR count). The molecule has 1 saturated heterocycles. The van der Waals surface area contributed by atoms with Crippen molar-refractivity contribution in [3.05, 3.63) is 95.6 Å². The first kappa shape index (κ1) is 24.0. The van der Waals surface area contributed by atoms with Crippen LogP contribution in [0.1, 0.15) is 23.6 Å². The third kappa shape index (κ3) is 4.99. The molecule has 3 aromatic rings. The van der Waals surface area contributed by atoms with Gasteiger partial charge in [0.05, 0.1) is 12.3 Å². The van der Waals surface area contributed by atoms with E-state index < -0.39 is 11.8 Å². The van der Waals surface area contributed by atoms with Crippen LogP contribution >= 0.6 is 0 Å². The molecule has 2 heterocycles. The number of hydrogen-bond donors (Lipinski definition) is 1. The van der Waals surface area contributed by atoms with Crippen molar-refractivity contribution in [3.8, 4) is 23.0 Å². The predicted octanol–water partition coefficient (Wildman–Crippen LogP) is 4.58. The number of hydrazine groups is 1. The maximum absolute atomic E-state index is 13.0. The van der Waals surface area contributed by atoms with Gasteiger partial charge in [-0.05, 0) is 66.9 Å². The summed E-state index contributed by atoms with van der Waals surface area (Å²) in [7, 11) is 0. The molecule has 0 atom stereocenters. The van der Waals surface area contributed by atoms with Crippen LogP contribution in [0, 0.1) is 0 Å². The number of ether oxygens (including phenoxy) is 4. The molecule has 188 valence electrons. The van der Waals surface area contributed by atoms with E-state index in [0.29, 0.717) is 47.3 Å². The van der Waals surface area contributed by atoms with Gasteiger partial charge in [0.25, 0.3) is 11.8 Å². The molecule has 2 aliphatic heterocycles. The highest BCUT2D eigenvalue weighted by molar-refractivity contribution is 6.31. The van der Waals surface area contributed by atoms with Gasteiger partial charge >= 0.3 is 0 Å². The number of anilines is 1. The number of fused-ring (bicyclic) bond motifs is 1. The molecule has 0 radical (unpaired) electrons. The average Bonchev–Trinajstić information content (AvgIpc) is 3.48. The van der Waals surface area contributed by atoms with Crippen LogP contribution in [-0.2, 0) is 22.6 Å². The zero-order valence-electron chi connectivity index (χ0n) is 20.4. The van der Waals surface area contributed by atoms with E-state index in [1.807, 2.05) is 37.3 Å². The molecule has 0 spiro atoms. The minimum Gasteiger partial charge on any atom is -0.490 e. The van der Waals surface area contributed by atoms with Crippen LogP contribution in [0.15, 0.2) is 78.9 Å². The van der Waals surface area contributed by atoms with Crippen LogP contribution in [0.4, 0.5) is 5.69 Å². The maximum atomic E-state index is 13.0. The molecule has 0 unspecified atom stereocenters. The van der Waals surface area contributed by atoms with E-state index in [9.17, 15) is 9.59 Å². The Hall–Kier alpha value is -4.72. The van der Waals surface area contributed by atoms with Gasteiger partial charge in [-0.1, -0.05) is 30.3 Å². The molecule has 0 saturated carbocycles. The standard InChI is InChI=1S/C29H26N2O6/c1-3-8-21-13-20(14-23-28(32)30-31(29(23)33)22-9-6-5-7-10-22)16-26(34-4-2)27(21)35-17-19-11-12-24-25(15-19)37-18-36-24/h3,5-7,9-16H,1,4,8,17-18H2,2H3,(H,30,32)/b23-14-. The lowest BCUT2D eigenvalue weighted by molar-refractivity contribution is -0.117. The number of allylic oxidation sites excluding steroid dienone is 1. The fraction of sp³-hybridized carbons (Fsp3) is 0.172. The molecule has 0 bridgehead atoms. The van der Waals surface area contributed by atoms with Gasteiger partial charge in [-0.15, -0.1) is 6.58 Å². The normalized spacial score (nSPS) is 15.2. The Bertz CT molecular complexity index is 1380. The average molecular weight is 499 g/mol. The zero-order valence-corrected chi connectivity index (χ0v) is 20.4. The molecular formula is C29H26N2O6. The Labute approximate surface area is 214 Å². The van der Waals surface area contributed by atoms with Crippen molar-refractivity contribution >= 4 is 23.6 Å². The van der Waals surface area contributed by atoms with E-state index in [2.05, 4.69) is 12.0 Å². The third-order valence-corrected chi connectivity index (χ3v) is 5.86. The van der Waals surface area contributed by atoms with Crippen molar-refractivity contribution in [2.75, 3.05) is 18.4 Å². The van der Waals surface area contributed by atoms with Gasteiger partial charge in [0, 0.05) is 5.56 Å². The number of nitrogens with zero attached hydrogens (tertiary/aromatic N) is 1. The van der Waals surface area contributed by atoms with Gasteiger partial charge in [0.1, 0.15) is 12.2 Å². The lowest BCUT2D eigenvalue weighted by Gasteiger charge is -2.17. The van der Waals surface area contributed by atoms with E-state index in [1.54, 1.807) is 42.5 Å². The summed E-state index contributed by atoms with van der Waals surface area (Å²) in [4.78, 5) is 25.7. The Morgan fingerprint density at radius 2 is 1.84 bits per heavy atom. The molecule has 0 aliphatic carbocycles. The largest absolute Gasteiger partial charge is 0.490 e. The molecule has 2 aliphatic rings. The Morgan fingerprint density at radius 1 is 1.03 bits per heavy atom. The number of nitrogens with one attached hydrogen (secondary N) is 1. The van der Waals surface area contributed by atoms with Crippen LogP contribution in [-0.4, -0.2) is 25.2 Å². The number of para-hydroxylation sites is 1. The van der Waals surface area contributed by atoms with Crippen molar-refractivity contribution < 1.29 is 28.5 Å². The van der Waals surface area contributed by atoms with E-state index in [4.69, 9.17) is 18.9 Å². The van der Waals surface area contributed by atoms with E-state index in [1.165, 1.54) is 5.01 Å². The fourth-order valence-electron chi connectivity index (χ4n) is 4.17. The first-order chi connectivity index (χ1) is 18.1. The van der Waals surface area contributed by atoms with Crippen molar-refractivity contribution in [1.29, 1.82) is 0 Å². The van der Waals surface area contributed by atoms with E-state index in [0.717, 1.165) is 11.1 Å². The summed E-state index contributed by atoms with van der Waals surface area (Å²) < 4.78 is 23.0.